The van der Waals surface area contributed by atoms with Gasteiger partial charge in [-0.15, -0.1) is 0 Å². The summed E-state index contributed by atoms with van der Waals surface area (Å²) in [4.78, 5) is 11.9. The van der Waals surface area contributed by atoms with Gasteiger partial charge in [0, 0.05) is 6.54 Å². The Balaban J connectivity index is 2.12. The molecule has 0 heterocycles. The normalized spacial score (nSPS) is 12.0. The Labute approximate surface area is 131 Å². The highest BCUT2D eigenvalue weighted by atomic mass is 79.9. The zero-order valence-electron chi connectivity index (χ0n) is 11.5. The lowest BCUT2D eigenvalue weighted by atomic mass is 10.1. The Bertz CT molecular complexity index is 619. The SMILES string of the molecule is COC(=O)C(NCc1ccc(Br)c(F)c1)c1ccccc1. The van der Waals surface area contributed by atoms with Crippen LogP contribution in [0.1, 0.15) is 17.2 Å². The van der Waals surface area contributed by atoms with Crippen LogP contribution in [0.4, 0.5) is 4.39 Å². The Morgan fingerprint density at radius 1 is 1.29 bits per heavy atom. The highest BCUT2D eigenvalue weighted by Gasteiger charge is 2.20. The van der Waals surface area contributed by atoms with Gasteiger partial charge in [-0.05, 0) is 39.2 Å². The van der Waals surface area contributed by atoms with Gasteiger partial charge in [-0.2, -0.15) is 0 Å². The second-order valence-electron chi connectivity index (χ2n) is 4.50. The largest absolute Gasteiger partial charge is 0.468 e. The van der Waals surface area contributed by atoms with E-state index in [0.29, 0.717) is 11.0 Å². The van der Waals surface area contributed by atoms with Crippen LogP contribution in [0.3, 0.4) is 0 Å². The second-order valence-corrected chi connectivity index (χ2v) is 5.35. The Hall–Kier alpha value is -1.72. The zero-order chi connectivity index (χ0) is 15.2. The van der Waals surface area contributed by atoms with Crippen LogP contribution < -0.4 is 5.32 Å². The molecule has 110 valence electrons. The van der Waals surface area contributed by atoms with E-state index in [0.717, 1.165) is 11.1 Å². The molecule has 3 nitrogen and oxygen atoms in total. The lowest BCUT2D eigenvalue weighted by Gasteiger charge is -2.17. The minimum atomic E-state index is -0.581. The van der Waals surface area contributed by atoms with Crippen molar-refractivity contribution in [3.63, 3.8) is 0 Å². The summed E-state index contributed by atoms with van der Waals surface area (Å²) in [6.07, 6.45) is 0. The molecule has 2 aromatic rings. The topological polar surface area (TPSA) is 38.3 Å². The molecule has 21 heavy (non-hydrogen) atoms. The van der Waals surface area contributed by atoms with Crippen molar-refractivity contribution < 1.29 is 13.9 Å². The van der Waals surface area contributed by atoms with Crippen molar-refractivity contribution in [2.75, 3.05) is 7.11 Å². The molecule has 5 heteroatoms. The number of benzene rings is 2. The zero-order valence-corrected chi connectivity index (χ0v) is 13.1. The van der Waals surface area contributed by atoms with Gasteiger partial charge in [0.1, 0.15) is 11.9 Å². The third-order valence-corrected chi connectivity index (χ3v) is 3.71. The maximum Gasteiger partial charge on any atom is 0.327 e. The van der Waals surface area contributed by atoms with E-state index >= 15 is 0 Å². The molecule has 0 amide bonds. The average molecular weight is 352 g/mol. The smallest absolute Gasteiger partial charge is 0.327 e. The van der Waals surface area contributed by atoms with E-state index in [1.165, 1.54) is 13.2 Å². The Morgan fingerprint density at radius 3 is 2.62 bits per heavy atom. The number of ether oxygens (including phenoxy) is 1. The summed E-state index contributed by atoms with van der Waals surface area (Å²) in [6, 6.07) is 13.6. The van der Waals surface area contributed by atoms with Gasteiger partial charge in [-0.1, -0.05) is 36.4 Å². The molecule has 0 saturated carbocycles. The Kier molecular flexibility index (Phi) is 5.47. The predicted octanol–water partition coefficient (Wildman–Crippen LogP) is 3.59. The lowest BCUT2D eigenvalue weighted by Crippen LogP contribution is -2.29. The van der Waals surface area contributed by atoms with Gasteiger partial charge < -0.3 is 4.74 Å². The van der Waals surface area contributed by atoms with Gasteiger partial charge >= 0.3 is 5.97 Å². The lowest BCUT2D eigenvalue weighted by molar-refractivity contribution is -0.143. The first-order valence-electron chi connectivity index (χ1n) is 6.42. The van der Waals surface area contributed by atoms with E-state index < -0.39 is 6.04 Å². The molecule has 0 fully saturated rings. The molecule has 2 aromatic carbocycles. The van der Waals surface area contributed by atoms with Crippen molar-refractivity contribution in [2.24, 2.45) is 0 Å². The molecular weight excluding hydrogens is 337 g/mol. The first-order valence-corrected chi connectivity index (χ1v) is 7.21. The molecule has 0 radical (unpaired) electrons. The number of methoxy groups -OCH3 is 1. The monoisotopic (exact) mass is 351 g/mol. The Morgan fingerprint density at radius 2 is 2.00 bits per heavy atom. The fourth-order valence-electron chi connectivity index (χ4n) is 1.97. The van der Waals surface area contributed by atoms with Crippen molar-refractivity contribution in [3.8, 4) is 0 Å². The van der Waals surface area contributed by atoms with E-state index in [9.17, 15) is 9.18 Å². The van der Waals surface area contributed by atoms with Crippen LogP contribution >= 0.6 is 15.9 Å². The molecule has 0 aromatic heterocycles. The van der Waals surface area contributed by atoms with Gasteiger partial charge in [0.2, 0.25) is 0 Å². The highest BCUT2D eigenvalue weighted by Crippen LogP contribution is 2.18. The summed E-state index contributed by atoms with van der Waals surface area (Å²) in [5.74, 6) is -0.706. The van der Waals surface area contributed by atoms with Gasteiger partial charge in [-0.3, -0.25) is 5.32 Å². The molecule has 1 unspecified atom stereocenters. The minimum absolute atomic E-state index is 0.330. The number of halogens is 2. The highest BCUT2D eigenvalue weighted by molar-refractivity contribution is 9.10. The number of nitrogens with one attached hydrogen (secondary N) is 1. The van der Waals surface area contributed by atoms with Crippen molar-refractivity contribution in [2.45, 2.75) is 12.6 Å². The minimum Gasteiger partial charge on any atom is -0.468 e. The van der Waals surface area contributed by atoms with Crippen LogP contribution in [-0.2, 0) is 16.1 Å². The quantitative estimate of drug-likeness (QED) is 0.836. The molecule has 0 spiro atoms. The molecule has 0 aliphatic heterocycles. The van der Waals surface area contributed by atoms with Crippen molar-refractivity contribution in [3.05, 3.63) is 69.9 Å². The molecule has 0 saturated heterocycles. The number of rotatable bonds is 5. The van der Waals surface area contributed by atoms with Gasteiger partial charge in [-0.25, -0.2) is 9.18 Å². The second kappa shape index (κ2) is 7.33. The summed E-state index contributed by atoms with van der Waals surface area (Å²) in [5, 5.41) is 3.09. The predicted molar refractivity (Wildman–Crippen MR) is 82.1 cm³/mol. The fourth-order valence-corrected chi connectivity index (χ4v) is 2.22. The van der Waals surface area contributed by atoms with E-state index in [-0.39, 0.29) is 11.8 Å². The fraction of sp³-hybridized carbons (Fsp3) is 0.188. The van der Waals surface area contributed by atoms with Gasteiger partial charge in [0.05, 0.1) is 11.6 Å². The molecule has 1 atom stereocenters. The van der Waals surface area contributed by atoms with Crippen LogP contribution in [0.25, 0.3) is 0 Å². The summed E-state index contributed by atoms with van der Waals surface area (Å²) in [7, 11) is 1.35. The van der Waals surface area contributed by atoms with Crippen LogP contribution in [0.15, 0.2) is 53.0 Å². The third-order valence-electron chi connectivity index (χ3n) is 3.06. The molecular formula is C16H15BrFNO2. The summed E-state index contributed by atoms with van der Waals surface area (Å²) >= 11 is 3.11. The molecule has 1 N–H and O–H groups in total. The van der Waals surface area contributed by atoms with E-state index in [1.54, 1.807) is 12.1 Å². The van der Waals surface area contributed by atoms with E-state index in [4.69, 9.17) is 4.74 Å². The van der Waals surface area contributed by atoms with E-state index in [1.807, 2.05) is 30.3 Å². The summed E-state index contributed by atoms with van der Waals surface area (Å²) in [5.41, 5.74) is 1.56. The van der Waals surface area contributed by atoms with Crippen LogP contribution in [0.5, 0.6) is 0 Å². The number of hydrogen-bond donors (Lipinski definition) is 1. The number of carbonyl (C=O) groups excluding carboxylic acids is 1. The standard InChI is InChI=1S/C16H15BrFNO2/c1-21-16(20)15(12-5-3-2-4-6-12)19-10-11-7-8-13(17)14(18)9-11/h2-9,15,19H,10H2,1H3. The van der Waals surface area contributed by atoms with E-state index in [2.05, 4.69) is 21.2 Å². The first kappa shape index (κ1) is 15.7. The van der Waals surface area contributed by atoms with Crippen LogP contribution in [0.2, 0.25) is 0 Å². The summed E-state index contributed by atoms with van der Waals surface area (Å²) < 4.78 is 18.7. The maximum absolute atomic E-state index is 13.5. The molecule has 0 aliphatic rings. The average Bonchev–Trinajstić information content (AvgIpc) is 2.51. The van der Waals surface area contributed by atoms with Crippen LogP contribution in [0, 0.1) is 5.82 Å². The van der Waals surface area contributed by atoms with Crippen molar-refractivity contribution >= 4 is 21.9 Å². The maximum atomic E-state index is 13.5. The molecule has 0 aliphatic carbocycles. The number of hydrogen-bond acceptors (Lipinski definition) is 3. The van der Waals surface area contributed by atoms with Gasteiger partial charge in [0.25, 0.3) is 0 Å². The van der Waals surface area contributed by atoms with Crippen LogP contribution in [-0.4, -0.2) is 13.1 Å². The third kappa shape index (κ3) is 4.12. The number of esters is 1. The number of carbonyl (C=O) groups is 1. The first-order chi connectivity index (χ1) is 10.1. The molecule has 0 bridgehead atoms. The van der Waals surface area contributed by atoms with Crippen molar-refractivity contribution in [1.29, 1.82) is 0 Å². The van der Waals surface area contributed by atoms with Crippen molar-refractivity contribution in [1.82, 2.24) is 5.32 Å². The van der Waals surface area contributed by atoms with Gasteiger partial charge in [0.15, 0.2) is 0 Å². The summed E-state index contributed by atoms with van der Waals surface area (Å²) in [6.45, 7) is 0.360. The molecule has 2 rings (SSSR count).